The molecule has 0 fully saturated rings. The van der Waals surface area contributed by atoms with Crippen LogP contribution in [0.2, 0.25) is 0 Å². The summed E-state index contributed by atoms with van der Waals surface area (Å²) in [7, 11) is 4.16. The summed E-state index contributed by atoms with van der Waals surface area (Å²) in [5.41, 5.74) is -0.735. The van der Waals surface area contributed by atoms with Gasteiger partial charge in [-0.05, 0) is 17.7 Å². The molecule has 0 radical (unpaired) electrons. The number of hydrogen-bond donors (Lipinski definition) is 1. The van der Waals surface area contributed by atoms with Crippen LogP contribution < -0.4 is 10.1 Å². The van der Waals surface area contributed by atoms with Crippen LogP contribution in [0, 0.1) is 0 Å². The highest BCUT2D eigenvalue weighted by molar-refractivity contribution is 5.86. The molecule has 1 aromatic carbocycles. The van der Waals surface area contributed by atoms with Crippen molar-refractivity contribution >= 4 is 11.9 Å². The number of benzene rings is 1. The second kappa shape index (κ2) is 6.91. The Kier molecular flexibility index (Phi) is 5.52. The van der Waals surface area contributed by atoms with E-state index < -0.39 is 11.7 Å². The normalized spacial score (nSPS) is 13.2. The standard InChI is InChI=1S/C14H19NO5/c1-10(16)15-14(20-4,13(17)19-3)9-11-5-7-12(18-2)8-6-11/h5-8H,9H2,1-4H3,(H,15,16). The van der Waals surface area contributed by atoms with Crippen molar-refractivity contribution in [1.82, 2.24) is 5.32 Å². The molecular formula is C14H19NO5. The molecule has 0 heterocycles. The maximum Gasteiger partial charge on any atom is 0.359 e. The Morgan fingerprint density at radius 3 is 2.15 bits per heavy atom. The van der Waals surface area contributed by atoms with Crippen LogP contribution in [0.25, 0.3) is 0 Å². The molecular weight excluding hydrogens is 262 g/mol. The number of carbonyl (C=O) groups is 2. The topological polar surface area (TPSA) is 73.9 Å². The number of nitrogens with one attached hydrogen (secondary N) is 1. The number of carbonyl (C=O) groups excluding carboxylic acids is 2. The quantitative estimate of drug-likeness (QED) is 0.619. The van der Waals surface area contributed by atoms with Gasteiger partial charge in [-0.1, -0.05) is 12.1 Å². The average Bonchev–Trinajstić information content (AvgIpc) is 2.45. The van der Waals surface area contributed by atoms with Crippen molar-refractivity contribution in [2.45, 2.75) is 19.1 Å². The van der Waals surface area contributed by atoms with Crippen molar-refractivity contribution in [2.75, 3.05) is 21.3 Å². The minimum atomic E-state index is -1.53. The van der Waals surface area contributed by atoms with E-state index in [4.69, 9.17) is 14.2 Å². The van der Waals surface area contributed by atoms with Gasteiger partial charge in [0.25, 0.3) is 0 Å². The molecule has 1 unspecified atom stereocenters. The summed E-state index contributed by atoms with van der Waals surface area (Å²) in [6.45, 7) is 1.31. The zero-order valence-electron chi connectivity index (χ0n) is 12.1. The summed E-state index contributed by atoms with van der Waals surface area (Å²) >= 11 is 0. The molecule has 0 spiro atoms. The fraction of sp³-hybridized carbons (Fsp3) is 0.429. The maximum atomic E-state index is 11.9. The molecule has 1 amide bonds. The molecule has 1 aromatic rings. The number of methoxy groups -OCH3 is 3. The lowest BCUT2D eigenvalue weighted by atomic mass is 10.0. The van der Waals surface area contributed by atoms with E-state index >= 15 is 0 Å². The molecule has 0 aliphatic carbocycles. The molecule has 0 saturated carbocycles. The average molecular weight is 281 g/mol. The van der Waals surface area contributed by atoms with Gasteiger partial charge < -0.3 is 19.5 Å². The van der Waals surface area contributed by atoms with E-state index in [0.29, 0.717) is 5.75 Å². The molecule has 0 aliphatic heterocycles. The van der Waals surface area contributed by atoms with E-state index in [9.17, 15) is 9.59 Å². The number of ether oxygens (including phenoxy) is 3. The third-order valence-electron chi connectivity index (χ3n) is 2.85. The van der Waals surface area contributed by atoms with Gasteiger partial charge in [0, 0.05) is 20.5 Å². The van der Waals surface area contributed by atoms with E-state index in [2.05, 4.69) is 5.32 Å². The highest BCUT2D eigenvalue weighted by atomic mass is 16.6. The van der Waals surface area contributed by atoms with Crippen LogP contribution in [0.1, 0.15) is 12.5 Å². The first-order valence-electron chi connectivity index (χ1n) is 6.02. The van der Waals surface area contributed by atoms with Gasteiger partial charge in [0.15, 0.2) is 0 Å². The number of esters is 1. The Bertz CT molecular complexity index is 471. The maximum absolute atomic E-state index is 11.9. The van der Waals surface area contributed by atoms with Crippen molar-refractivity contribution in [1.29, 1.82) is 0 Å². The number of amides is 1. The van der Waals surface area contributed by atoms with E-state index in [1.165, 1.54) is 21.1 Å². The molecule has 0 saturated heterocycles. The molecule has 0 aliphatic rings. The molecule has 1 N–H and O–H groups in total. The number of rotatable bonds is 6. The molecule has 1 rings (SSSR count). The summed E-state index contributed by atoms with van der Waals surface area (Å²) in [5, 5.41) is 2.50. The fourth-order valence-corrected chi connectivity index (χ4v) is 1.85. The van der Waals surface area contributed by atoms with Crippen molar-refractivity contribution in [3.05, 3.63) is 29.8 Å². The summed E-state index contributed by atoms with van der Waals surface area (Å²) in [6.07, 6.45) is 0.153. The second-order valence-corrected chi connectivity index (χ2v) is 4.23. The minimum absolute atomic E-state index is 0.153. The molecule has 6 nitrogen and oxygen atoms in total. The number of hydrogen-bond acceptors (Lipinski definition) is 5. The predicted molar refractivity (Wildman–Crippen MR) is 72.3 cm³/mol. The molecule has 110 valence electrons. The lowest BCUT2D eigenvalue weighted by Crippen LogP contribution is -2.57. The minimum Gasteiger partial charge on any atom is -0.497 e. The van der Waals surface area contributed by atoms with Crippen molar-refractivity contribution in [3.63, 3.8) is 0 Å². The van der Waals surface area contributed by atoms with Gasteiger partial charge in [-0.25, -0.2) is 4.79 Å². The molecule has 0 aromatic heterocycles. The van der Waals surface area contributed by atoms with Gasteiger partial charge in [-0.2, -0.15) is 0 Å². The van der Waals surface area contributed by atoms with E-state index in [1.54, 1.807) is 31.4 Å². The van der Waals surface area contributed by atoms with Crippen molar-refractivity contribution < 1.29 is 23.8 Å². The van der Waals surface area contributed by atoms with Crippen LogP contribution in [0.3, 0.4) is 0 Å². The van der Waals surface area contributed by atoms with E-state index in [1.807, 2.05) is 0 Å². The first kappa shape index (κ1) is 16.0. The third kappa shape index (κ3) is 3.71. The Hall–Kier alpha value is -2.08. The molecule has 0 bridgehead atoms. The van der Waals surface area contributed by atoms with Crippen LogP contribution >= 0.6 is 0 Å². The Labute approximate surface area is 118 Å². The SMILES string of the molecule is COC(=O)C(Cc1ccc(OC)cc1)(NC(C)=O)OC. The molecule has 20 heavy (non-hydrogen) atoms. The van der Waals surface area contributed by atoms with Crippen molar-refractivity contribution in [3.8, 4) is 5.75 Å². The predicted octanol–water partition coefficient (Wildman–Crippen LogP) is 0.889. The van der Waals surface area contributed by atoms with Gasteiger partial charge in [0.1, 0.15) is 5.75 Å². The fourth-order valence-electron chi connectivity index (χ4n) is 1.85. The highest BCUT2D eigenvalue weighted by Crippen LogP contribution is 2.19. The Balaban J connectivity index is 3.03. The van der Waals surface area contributed by atoms with Crippen LogP contribution in [-0.2, 0) is 25.5 Å². The largest absolute Gasteiger partial charge is 0.497 e. The second-order valence-electron chi connectivity index (χ2n) is 4.23. The Morgan fingerprint density at radius 2 is 1.75 bits per heavy atom. The van der Waals surface area contributed by atoms with Gasteiger partial charge in [0.2, 0.25) is 11.6 Å². The summed E-state index contributed by atoms with van der Waals surface area (Å²) in [4.78, 5) is 23.3. The summed E-state index contributed by atoms with van der Waals surface area (Å²) in [5.74, 6) is -0.342. The first-order chi connectivity index (χ1) is 9.47. The monoisotopic (exact) mass is 281 g/mol. The van der Waals surface area contributed by atoms with E-state index in [-0.39, 0.29) is 12.3 Å². The van der Waals surface area contributed by atoms with Crippen LogP contribution in [0.15, 0.2) is 24.3 Å². The van der Waals surface area contributed by atoms with Crippen LogP contribution in [-0.4, -0.2) is 38.9 Å². The smallest absolute Gasteiger partial charge is 0.359 e. The Morgan fingerprint density at radius 1 is 1.15 bits per heavy atom. The zero-order chi connectivity index (χ0) is 15.2. The van der Waals surface area contributed by atoms with Gasteiger partial charge in [-0.15, -0.1) is 0 Å². The van der Waals surface area contributed by atoms with Gasteiger partial charge in [0.05, 0.1) is 14.2 Å². The zero-order valence-corrected chi connectivity index (χ0v) is 12.1. The van der Waals surface area contributed by atoms with Gasteiger partial charge >= 0.3 is 5.97 Å². The van der Waals surface area contributed by atoms with Crippen molar-refractivity contribution in [2.24, 2.45) is 0 Å². The summed E-state index contributed by atoms with van der Waals surface area (Å²) < 4.78 is 15.0. The highest BCUT2D eigenvalue weighted by Gasteiger charge is 2.41. The molecule has 1 atom stereocenters. The van der Waals surface area contributed by atoms with Crippen LogP contribution in [0.4, 0.5) is 0 Å². The van der Waals surface area contributed by atoms with E-state index in [0.717, 1.165) is 5.56 Å². The lowest BCUT2D eigenvalue weighted by molar-refractivity contribution is -0.173. The lowest BCUT2D eigenvalue weighted by Gasteiger charge is -2.30. The molecule has 6 heteroatoms. The van der Waals surface area contributed by atoms with Gasteiger partial charge in [-0.3, -0.25) is 4.79 Å². The summed E-state index contributed by atoms with van der Waals surface area (Å²) in [6, 6.07) is 7.11. The third-order valence-corrected chi connectivity index (χ3v) is 2.85. The first-order valence-corrected chi connectivity index (χ1v) is 6.02. The van der Waals surface area contributed by atoms with Crippen LogP contribution in [0.5, 0.6) is 5.75 Å².